The first kappa shape index (κ1) is 12.3. The van der Waals surface area contributed by atoms with Crippen LogP contribution in [-0.2, 0) is 0 Å². The standard InChI is InChI=1S/C13H8F2IN3/c14-7-1-3-9(15)12(5-7)19-11-4-2-8(16)6-10(11)18-13(19)17/h1-6H,(H2,17,18). The highest BCUT2D eigenvalue weighted by atomic mass is 127. The number of hydrogen-bond acceptors (Lipinski definition) is 2. The number of nitrogens with zero attached hydrogens (tertiary/aromatic N) is 2. The number of rotatable bonds is 1. The fourth-order valence-electron chi connectivity index (χ4n) is 1.98. The summed E-state index contributed by atoms with van der Waals surface area (Å²) in [5.74, 6) is -0.949. The Labute approximate surface area is 121 Å². The van der Waals surface area contributed by atoms with Gasteiger partial charge in [0.25, 0.3) is 0 Å². The molecule has 2 aromatic carbocycles. The molecule has 96 valence electrons. The number of imidazole rings is 1. The second-order valence-corrected chi connectivity index (χ2v) is 5.28. The van der Waals surface area contributed by atoms with Crippen molar-refractivity contribution in [3.8, 4) is 5.69 Å². The van der Waals surface area contributed by atoms with Gasteiger partial charge in [0.2, 0.25) is 5.95 Å². The molecule has 3 aromatic rings. The van der Waals surface area contributed by atoms with Gasteiger partial charge in [0.1, 0.15) is 11.6 Å². The molecule has 19 heavy (non-hydrogen) atoms. The molecular formula is C13H8F2IN3. The Hall–Kier alpha value is -1.70. The Morgan fingerprint density at radius 3 is 2.68 bits per heavy atom. The first-order valence-electron chi connectivity index (χ1n) is 5.45. The first-order valence-corrected chi connectivity index (χ1v) is 6.53. The van der Waals surface area contributed by atoms with E-state index in [9.17, 15) is 8.78 Å². The molecule has 0 atom stereocenters. The smallest absolute Gasteiger partial charge is 0.206 e. The second kappa shape index (κ2) is 4.44. The number of halogens is 3. The van der Waals surface area contributed by atoms with E-state index in [2.05, 4.69) is 27.6 Å². The van der Waals surface area contributed by atoms with Crippen molar-refractivity contribution in [2.75, 3.05) is 5.73 Å². The van der Waals surface area contributed by atoms with E-state index in [1.54, 1.807) is 6.07 Å². The molecule has 0 spiro atoms. The minimum Gasteiger partial charge on any atom is -0.369 e. The van der Waals surface area contributed by atoms with Gasteiger partial charge in [-0.25, -0.2) is 13.8 Å². The van der Waals surface area contributed by atoms with E-state index >= 15 is 0 Å². The zero-order valence-electron chi connectivity index (χ0n) is 9.57. The van der Waals surface area contributed by atoms with Crippen molar-refractivity contribution >= 4 is 39.6 Å². The Bertz CT molecular complexity index is 783. The summed E-state index contributed by atoms with van der Waals surface area (Å²) in [7, 11) is 0. The van der Waals surface area contributed by atoms with Crippen LogP contribution in [0.5, 0.6) is 0 Å². The van der Waals surface area contributed by atoms with Gasteiger partial charge in [-0.15, -0.1) is 0 Å². The van der Waals surface area contributed by atoms with Gasteiger partial charge in [-0.1, -0.05) is 0 Å². The van der Waals surface area contributed by atoms with Gasteiger partial charge in [-0.05, 0) is 52.9 Å². The van der Waals surface area contributed by atoms with Gasteiger partial charge in [0, 0.05) is 9.64 Å². The van der Waals surface area contributed by atoms with Crippen LogP contribution in [0, 0.1) is 15.2 Å². The molecule has 0 radical (unpaired) electrons. The molecule has 0 saturated carbocycles. The maximum atomic E-state index is 13.8. The molecule has 0 aliphatic rings. The van der Waals surface area contributed by atoms with Crippen molar-refractivity contribution in [3.63, 3.8) is 0 Å². The van der Waals surface area contributed by atoms with Crippen LogP contribution in [-0.4, -0.2) is 9.55 Å². The molecule has 0 amide bonds. The largest absolute Gasteiger partial charge is 0.369 e. The minimum atomic E-state index is -0.550. The summed E-state index contributed by atoms with van der Waals surface area (Å²) in [6.07, 6.45) is 0. The molecule has 1 aromatic heterocycles. The summed E-state index contributed by atoms with van der Waals surface area (Å²) in [5.41, 5.74) is 7.16. The first-order chi connectivity index (χ1) is 9.06. The highest BCUT2D eigenvalue weighted by molar-refractivity contribution is 14.1. The number of benzene rings is 2. The van der Waals surface area contributed by atoms with Crippen LogP contribution < -0.4 is 5.73 Å². The molecule has 0 bridgehead atoms. The lowest BCUT2D eigenvalue weighted by atomic mass is 10.2. The predicted molar refractivity (Wildman–Crippen MR) is 78.1 cm³/mol. The second-order valence-electron chi connectivity index (χ2n) is 4.03. The number of nitrogens with two attached hydrogens (primary N) is 1. The highest BCUT2D eigenvalue weighted by Gasteiger charge is 2.14. The van der Waals surface area contributed by atoms with Gasteiger partial charge in [0.15, 0.2) is 0 Å². The van der Waals surface area contributed by atoms with Crippen LogP contribution in [0.1, 0.15) is 0 Å². The molecule has 0 aliphatic carbocycles. The Morgan fingerprint density at radius 1 is 1.11 bits per heavy atom. The van der Waals surface area contributed by atoms with E-state index in [0.29, 0.717) is 11.0 Å². The van der Waals surface area contributed by atoms with Crippen molar-refractivity contribution in [2.45, 2.75) is 0 Å². The molecule has 0 fully saturated rings. The predicted octanol–water partition coefficient (Wildman–Crippen LogP) is 3.49. The van der Waals surface area contributed by atoms with Gasteiger partial charge >= 0.3 is 0 Å². The van der Waals surface area contributed by atoms with Gasteiger partial charge in [-0.2, -0.15) is 0 Å². The third-order valence-electron chi connectivity index (χ3n) is 2.79. The fraction of sp³-hybridized carbons (Fsp3) is 0. The van der Waals surface area contributed by atoms with E-state index in [4.69, 9.17) is 5.73 Å². The lowest BCUT2D eigenvalue weighted by Crippen LogP contribution is -2.03. The lowest BCUT2D eigenvalue weighted by Gasteiger charge is -2.07. The summed E-state index contributed by atoms with van der Waals surface area (Å²) in [5, 5.41) is 0. The fourth-order valence-corrected chi connectivity index (χ4v) is 2.46. The molecule has 3 rings (SSSR count). The normalized spacial score (nSPS) is 11.1. The number of fused-ring (bicyclic) bond motifs is 1. The SMILES string of the molecule is Nc1nc2cc(I)ccc2n1-c1cc(F)ccc1F. The van der Waals surface area contributed by atoms with Crippen LogP contribution in [0.4, 0.5) is 14.7 Å². The molecule has 0 aliphatic heterocycles. The number of nitrogen functional groups attached to an aromatic ring is 1. The summed E-state index contributed by atoms with van der Waals surface area (Å²) >= 11 is 2.15. The lowest BCUT2D eigenvalue weighted by molar-refractivity contribution is 0.594. The molecule has 2 N–H and O–H groups in total. The molecular weight excluding hydrogens is 363 g/mol. The van der Waals surface area contributed by atoms with Crippen molar-refractivity contribution in [1.29, 1.82) is 0 Å². The van der Waals surface area contributed by atoms with Gasteiger partial charge in [-0.3, -0.25) is 4.57 Å². The summed E-state index contributed by atoms with van der Waals surface area (Å²) in [4.78, 5) is 4.17. The number of aromatic nitrogens is 2. The summed E-state index contributed by atoms with van der Waals surface area (Å²) < 4.78 is 29.5. The molecule has 1 heterocycles. The van der Waals surface area contributed by atoms with Crippen molar-refractivity contribution in [1.82, 2.24) is 9.55 Å². The molecule has 0 saturated heterocycles. The van der Waals surface area contributed by atoms with E-state index < -0.39 is 11.6 Å². The van der Waals surface area contributed by atoms with Crippen molar-refractivity contribution in [2.24, 2.45) is 0 Å². The maximum absolute atomic E-state index is 13.8. The van der Waals surface area contributed by atoms with E-state index in [1.807, 2.05) is 12.1 Å². The minimum absolute atomic E-state index is 0.0567. The van der Waals surface area contributed by atoms with Crippen LogP contribution in [0.2, 0.25) is 0 Å². The van der Waals surface area contributed by atoms with E-state index in [1.165, 1.54) is 4.57 Å². The zero-order chi connectivity index (χ0) is 13.6. The van der Waals surface area contributed by atoms with E-state index in [-0.39, 0.29) is 11.6 Å². The Morgan fingerprint density at radius 2 is 1.89 bits per heavy atom. The van der Waals surface area contributed by atoms with Crippen LogP contribution in [0.3, 0.4) is 0 Å². The molecule has 6 heteroatoms. The monoisotopic (exact) mass is 371 g/mol. The quantitative estimate of drug-likeness (QED) is 0.666. The van der Waals surface area contributed by atoms with Gasteiger partial charge < -0.3 is 5.73 Å². The molecule has 0 unspecified atom stereocenters. The highest BCUT2D eigenvalue weighted by Crippen LogP contribution is 2.26. The van der Waals surface area contributed by atoms with Crippen molar-refractivity contribution < 1.29 is 8.78 Å². The summed E-state index contributed by atoms with van der Waals surface area (Å²) in [6.45, 7) is 0. The topological polar surface area (TPSA) is 43.8 Å². The van der Waals surface area contributed by atoms with Crippen LogP contribution >= 0.6 is 22.6 Å². The Balaban J connectivity index is 2.36. The van der Waals surface area contributed by atoms with Crippen molar-refractivity contribution in [3.05, 3.63) is 51.6 Å². The van der Waals surface area contributed by atoms with Crippen LogP contribution in [0.15, 0.2) is 36.4 Å². The van der Waals surface area contributed by atoms with Crippen LogP contribution in [0.25, 0.3) is 16.7 Å². The maximum Gasteiger partial charge on any atom is 0.206 e. The zero-order valence-corrected chi connectivity index (χ0v) is 11.7. The molecule has 3 nitrogen and oxygen atoms in total. The average Bonchev–Trinajstić information content (AvgIpc) is 2.67. The summed E-state index contributed by atoms with van der Waals surface area (Å²) in [6, 6.07) is 8.72. The number of hydrogen-bond donors (Lipinski definition) is 1. The third-order valence-corrected chi connectivity index (χ3v) is 3.46. The number of anilines is 1. The van der Waals surface area contributed by atoms with Gasteiger partial charge in [0.05, 0.1) is 16.7 Å². The Kier molecular flexibility index (Phi) is 2.89. The van der Waals surface area contributed by atoms with E-state index in [0.717, 1.165) is 21.8 Å². The third kappa shape index (κ3) is 2.05. The average molecular weight is 371 g/mol.